The first-order valence-corrected chi connectivity index (χ1v) is 12.5. The Kier molecular flexibility index (Phi) is 6.99. The van der Waals surface area contributed by atoms with Crippen LogP contribution >= 0.6 is 0 Å². The summed E-state index contributed by atoms with van der Waals surface area (Å²) in [7, 11) is 3.06. The first-order valence-electron chi connectivity index (χ1n) is 12.5. The third-order valence-electron chi connectivity index (χ3n) is 7.05. The highest BCUT2D eigenvalue weighted by Gasteiger charge is 2.40. The molecule has 8 heteroatoms. The molecule has 1 amide bonds. The molecule has 0 saturated carbocycles. The van der Waals surface area contributed by atoms with E-state index in [0.717, 1.165) is 42.6 Å². The van der Waals surface area contributed by atoms with E-state index >= 15 is 0 Å². The Morgan fingerprint density at radius 1 is 0.865 bits per heavy atom. The molecule has 0 bridgehead atoms. The fourth-order valence-electron chi connectivity index (χ4n) is 5.38. The van der Waals surface area contributed by atoms with E-state index in [-0.39, 0.29) is 24.1 Å². The molecule has 1 aliphatic heterocycles. The van der Waals surface area contributed by atoms with Crippen LogP contribution in [0, 0.1) is 0 Å². The predicted molar refractivity (Wildman–Crippen MR) is 138 cm³/mol. The van der Waals surface area contributed by atoms with Crippen molar-refractivity contribution in [3.05, 3.63) is 70.6 Å². The monoisotopic (exact) mass is 502 g/mol. The van der Waals surface area contributed by atoms with Gasteiger partial charge in [0, 0.05) is 41.3 Å². The number of anilines is 1. The highest BCUT2D eigenvalue weighted by atomic mass is 16.5. The van der Waals surface area contributed by atoms with E-state index in [2.05, 4.69) is 10.6 Å². The summed E-state index contributed by atoms with van der Waals surface area (Å²) in [6.07, 6.45) is 4.16. The minimum absolute atomic E-state index is 0.0796. The van der Waals surface area contributed by atoms with Gasteiger partial charge in [0.1, 0.15) is 5.75 Å². The van der Waals surface area contributed by atoms with Crippen LogP contribution in [0.4, 0.5) is 5.69 Å². The number of nitrogens with one attached hydrogen (secondary N) is 2. The van der Waals surface area contributed by atoms with Gasteiger partial charge in [0.05, 0.1) is 19.9 Å². The Balaban J connectivity index is 1.40. The lowest BCUT2D eigenvalue weighted by Crippen LogP contribution is -2.36. The van der Waals surface area contributed by atoms with E-state index in [0.29, 0.717) is 46.9 Å². The van der Waals surface area contributed by atoms with Crippen molar-refractivity contribution in [2.45, 2.75) is 44.4 Å². The summed E-state index contributed by atoms with van der Waals surface area (Å²) < 4.78 is 16.7. The van der Waals surface area contributed by atoms with Gasteiger partial charge in [0.25, 0.3) is 5.91 Å². The number of ketones is 2. The second kappa shape index (κ2) is 10.5. The molecule has 8 nitrogen and oxygen atoms in total. The number of benzene rings is 2. The van der Waals surface area contributed by atoms with E-state index in [9.17, 15) is 14.4 Å². The summed E-state index contributed by atoms with van der Waals surface area (Å²) in [6.45, 7) is -0.233. The normalized spacial score (nSPS) is 17.6. The Bertz CT molecular complexity index is 1280. The molecule has 0 atom stereocenters. The quantitative estimate of drug-likeness (QED) is 0.578. The van der Waals surface area contributed by atoms with Gasteiger partial charge in [-0.2, -0.15) is 0 Å². The van der Waals surface area contributed by atoms with E-state index < -0.39 is 5.92 Å². The van der Waals surface area contributed by atoms with Crippen LogP contribution in [-0.4, -0.2) is 38.3 Å². The van der Waals surface area contributed by atoms with Gasteiger partial charge in [-0.1, -0.05) is 18.2 Å². The number of Topliss-reactive ketones (excluding diaryl/α,β-unsaturated/α-hetero) is 2. The van der Waals surface area contributed by atoms with Crippen LogP contribution in [0.1, 0.15) is 50.0 Å². The molecule has 2 aromatic rings. The molecule has 37 heavy (non-hydrogen) atoms. The predicted octanol–water partition coefficient (Wildman–Crippen LogP) is 4.42. The van der Waals surface area contributed by atoms with Crippen LogP contribution in [0.2, 0.25) is 0 Å². The summed E-state index contributed by atoms with van der Waals surface area (Å²) in [5.41, 5.74) is 4.59. The molecule has 5 rings (SSSR count). The maximum Gasteiger partial charge on any atom is 0.262 e. The van der Waals surface area contributed by atoms with Gasteiger partial charge in [-0.15, -0.1) is 0 Å². The zero-order valence-electron chi connectivity index (χ0n) is 21.0. The van der Waals surface area contributed by atoms with Crippen LogP contribution in [0.5, 0.6) is 17.2 Å². The third-order valence-corrected chi connectivity index (χ3v) is 7.05. The maximum atomic E-state index is 13.0. The molecule has 3 aliphatic rings. The number of carbonyl (C=O) groups is 3. The molecule has 192 valence electrons. The fraction of sp³-hybridized carbons (Fsp3) is 0.345. The van der Waals surface area contributed by atoms with Gasteiger partial charge in [-0.3, -0.25) is 14.4 Å². The number of para-hydroxylation sites is 2. The number of rotatable bonds is 7. The lowest BCUT2D eigenvalue weighted by Gasteiger charge is -2.37. The van der Waals surface area contributed by atoms with E-state index in [1.807, 2.05) is 18.2 Å². The van der Waals surface area contributed by atoms with Crippen LogP contribution < -0.4 is 24.8 Å². The number of dihydropyridines is 1. The lowest BCUT2D eigenvalue weighted by molar-refractivity contribution is -0.118. The molecule has 2 aliphatic carbocycles. The zero-order valence-corrected chi connectivity index (χ0v) is 21.0. The lowest BCUT2D eigenvalue weighted by atomic mass is 9.71. The summed E-state index contributed by atoms with van der Waals surface area (Å²) >= 11 is 0. The van der Waals surface area contributed by atoms with Crippen molar-refractivity contribution in [3.63, 3.8) is 0 Å². The van der Waals surface area contributed by atoms with Gasteiger partial charge in [0.2, 0.25) is 0 Å². The minimum atomic E-state index is -0.427. The molecule has 2 N–H and O–H groups in total. The number of carbonyl (C=O) groups excluding carboxylic acids is 3. The number of methoxy groups -OCH3 is 2. The fourth-order valence-corrected chi connectivity index (χ4v) is 5.38. The SMILES string of the molecule is COc1ccccc1NC(=O)COc1ccc(C2C3=C(CCCC3=O)NC3=C2C(=O)CCC3)cc1OC. The van der Waals surface area contributed by atoms with Crippen molar-refractivity contribution in [2.75, 3.05) is 26.1 Å². The molecule has 2 aromatic carbocycles. The Morgan fingerprint density at radius 2 is 1.51 bits per heavy atom. The van der Waals surface area contributed by atoms with Gasteiger partial charge in [-0.05, 0) is 55.5 Å². The first-order chi connectivity index (χ1) is 18.0. The third kappa shape index (κ3) is 4.83. The molecule has 0 saturated heterocycles. The largest absolute Gasteiger partial charge is 0.495 e. The number of amides is 1. The molecular weight excluding hydrogens is 472 g/mol. The number of ether oxygens (including phenoxy) is 3. The minimum Gasteiger partial charge on any atom is -0.495 e. The average molecular weight is 503 g/mol. The van der Waals surface area contributed by atoms with Crippen molar-refractivity contribution < 1.29 is 28.6 Å². The smallest absolute Gasteiger partial charge is 0.262 e. The van der Waals surface area contributed by atoms with Crippen LogP contribution in [0.25, 0.3) is 0 Å². The number of hydrogen-bond donors (Lipinski definition) is 2. The van der Waals surface area contributed by atoms with Crippen molar-refractivity contribution in [3.8, 4) is 17.2 Å². The van der Waals surface area contributed by atoms with Crippen LogP contribution in [0.3, 0.4) is 0 Å². The molecule has 0 radical (unpaired) electrons. The Labute approximate surface area is 215 Å². The van der Waals surface area contributed by atoms with E-state index in [1.54, 1.807) is 24.3 Å². The standard InChI is InChI=1S/C29H30N2O6/c1-35-23-12-4-3-7-18(23)31-26(34)16-37-24-14-13-17(15-25(24)36-2)27-28-19(8-5-10-21(28)32)30-20-9-6-11-22(33)29(20)27/h3-4,7,12-15,27,30H,5-6,8-11,16H2,1-2H3,(H,31,34). The highest BCUT2D eigenvalue weighted by molar-refractivity contribution is 6.06. The van der Waals surface area contributed by atoms with Crippen molar-refractivity contribution in [2.24, 2.45) is 0 Å². The first kappa shape index (κ1) is 24.6. The van der Waals surface area contributed by atoms with Gasteiger partial charge >= 0.3 is 0 Å². The molecule has 0 spiro atoms. The molecular formula is C29H30N2O6. The molecule has 0 fully saturated rings. The van der Waals surface area contributed by atoms with Gasteiger partial charge < -0.3 is 24.8 Å². The topological polar surface area (TPSA) is 103 Å². The van der Waals surface area contributed by atoms with Crippen molar-refractivity contribution in [1.82, 2.24) is 5.32 Å². The average Bonchev–Trinajstić information content (AvgIpc) is 2.91. The van der Waals surface area contributed by atoms with Crippen LogP contribution in [0.15, 0.2) is 65.0 Å². The van der Waals surface area contributed by atoms with Gasteiger partial charge in [-0.25, -0.2) is 0 Å². The Hall–Kier alpha value is -4.07. The number of allylic oxidation sites excluding steroid dienone is 4. The van der Waals surface area contributed by atoms with E-state index in [4.69, 9.17) is 14.2 Å². The number of hydrogen-bond acceptors (Lipinski definition) is 7. The highest BCUT2D eigenvalue weighted by Crippen LogP contribution is 2.46. The second-order valence-electron chi connectivity index (χ2n) is 9.34. The zero-order chi connectivity index (χ0) is 25.9. The molecule has 1 heterocycles. The summed E-state index contributed by atoms with van der Waals surface area (Å²) in [6, 6.07) is 12.5. The Morgan fingerprint density at radius 3 is 2.16 bits per heavy atom. The van der Waals surface area contributed by atoms with Gasteiger partial charge in [0.15, 0.2) is 29.7 Å². The molecule has 0 aromatic heterocycles. The van der Waals surface area contributed by atoms with Crippen molar-refractivity contribution >= 4 is 23.2 Å². The second-order valence-corrected chi connectivity index (χ2v) is 9.34. The summed E-state index contributed by atoms with van der Waals surface area (Å²) in [4.78, 5) is 38.6. The summed E-state index contributed by atoms with van der Waals surface area (Å²) in [5, 5.41) is 6.21. The maximum absolute atomic E-state index is 13.0. The summed E-state index contributed by atoms with van der Waals surface area (Å²) in [5.74, 6) is 0.757. The van der Waals surface area contributed by atoms with Crippen molar-refractivity contribution in [1.29, 1.82) is 0 Å². The molecule has 0 unspecified atom stereocenters. The van der Waals surface area contributed by atoms with Crippen LogP contribution in [-0.2, 0) is 14.4 Å². The van der Waals surface area contributed by atoms with E-state index in [1.165, 1.54) is 14.2 Å².